The Morgan fingerprint density at radius 3 is 1.91 bits per heavy atom. The maximum atomic E-state index is 13.8. The van der Waals surface area contributed by atoms with Crippen LogP contribution in [-0.2, 0) is 4.57 Å². The third kappa shape index (κ3) is 3.31. The molecule has 2 aromatic carbocycles. The molecule has 0 aromatic heterocycles. The first-order valence-corrected chi connectivity index (χ1v) is 10.8. The van der Waals surface area contributed by atoms with Crippen LogP contribution in [0.1, 0.15) is 51.9 Å². The smallest absolute Gasteiger partial charge is 0.144 e. The molecular formula is C21H25OP. The molecule has 0 amide bonds. The number of unbranched alkanes of at least 4 members (excludes halogenated alkanes) is 6. The van der Waals surface area contributed by atoms with Crippen LogP contribution < -0.4 is 10.6 Å². The van der Waals surface area contributed by atoms with Crippen molar-refractivity contribution in [2.24, 2.45) is 0 Å². The molecule has 0 bridgehead atoms. The average molecular weight is 324 g/mol. The maximum Gasteiger partial charge on any atom is 0.144 e. The molecule has 0 fully saturated rings. The molecule has 0 aliphatic carbocycles. The van der Waals surface area contributed by atoms with Gasteiger partial charge in [0.15, 0.2) is 0 Å². The molecule has 1 aliphatic heterocycles. The summed E-state index contributed by atoms with van der Waals surface area (Å²) in [7, 11) is -2.47. The van der Waals surface area contributed by atoms with Crippen molar-refractivity contribution in [3.63, 3.8) is 0 Å². The zero-order valence-electron chi connectivity index (χ0n) is 14.0. The first kappa shape index (κ1) is 16.5. The van der Waals surface area contributed by atoms with Gasteiger partial charge in [-0.2, -0.15) is 0 Å². The zero-order chi connectivity index (χ0) is 16.1. The van der Waals surface area contributed by atoms with Gasteiger partial charge in [-0.25, -0.2) is 0 Å². The first-order chi connectivity index (χ1) is 11.3. The summed E-state index contributed by atoms with van der Waals surface area (Å²) in [5.41, 5.74) is 2.28. The Bertz CT molecular complexity index is 655. The van der Waals surface area contributed by atoms with E-state index in [2.05, 4.69) is 31.2 Å². The molecule has 2 aromatic rings. The van der Waals surface area contributed by atoms with Gasteiger partial charge < -0.3 is 4.57 Å². The van der Waals surface area contributed by atoms with Crippen LogP contribution in [0.2, 0.25) is 0 Å². The van der Waals surface area contributed by atoms with E-state index in [0.29, 0.717) is 0 Å². The predicted molar refractivity (Wildman–Crippen MR) is 99.3 cm³/mol. The van der Waals surface area contributed by atoms with Gasteiger partial charge in [-0.05, 0) is 41.8 Å². The van der Waals surface area contributed by atoms with Crippen LogP contribution in [0.5, 0.6) is 0 Å². The number of hydrogen-bond donors (Lipinski definition) is 0. The van der Waals surface area contributed by atoms with Gasteiger partial charge in [-0.1, -0.05) is 69.7 Å². The van der Waals surface area contributed by atoms with Gasteiger partial charge in [0.1, 0.15) is 7.14 Å². The summed E-state index contributed by atoms with van der Waals surface area (Å²) in [5.74, 6) is 0. The SMILES string of the molecule is CCCCCCCCCP1(=O)c2c[c]ccc2-c2cc[c]cc21. The Morgan fingerprint density at radius 2 is 1.35 bits per heavy atom. The summed E-state index contributed by atoms with van der Waals surface area (Å²) in [6, 6.07) is 18.1. The summed E-state index contributed by atoms with van der Waals surface area (Å²) >= 11 is 0. The second kappa shape index (κ2) is 7.49. The Hall–Kier alpha value is -1.33. The molecule has 1 heterocycles. The summed E-state index contributed by atoms with van der Waals surface area (Å²) in [6.45, 7) is 2.24. The summed E-state index contributed by atoms with van der Waals surface area (Å²) in [5, 5.41) is 2.03. The average Bonchev–Trinajstić information content (AvgIpc) is 2.85. The molecule has 0 saturated heterocycles. The highest BCUT2D eigenvalue weighted by Gasteiger charge is 2.37. The maximum absolute atomic E-state index is 13.8. The van der Waals surface area contributed by atoms with Gasteiger partial charge in [0.25, 0.3) is 0 Å². The van der Waals surface area contributed by atoms with E-state index in [4.69, 9.17) is 0 Å². The zero-order valence-corrected chi connectivity index (χ0v) is 14.9. The van der Waals surface area contributed by atoms with E-state index in [1.165, 1.54) is 38.5 Å². The van der Waals surface area contributed by atoms with Crippen molar-refractivity contribution in [3.8, 4) is 11.1 Å². The Morgan fingerprint density at radius 1 is 0.826 bits per heavy atom. The minimum absolute atomic E-state index is 0.788. The van der Waals surface area contributed by atoms with Crippen molar-refractivity contribution in [1.29, 1.82) is 0 Å². The lowest BCUT2D eigenvalue weighted by Gasteiger charge is -2.14. The molecule has 0 spiro atoms. The molecule has 2 heteroatoms. The van der Waals surface area contributed by atoms with Crippen molar-refractivity contribution in [2.75, 3.05) is 6.16 Å². The van der Waals surface area contributed by atoms with Gasteiger partial charge in [-0.3, -0.25) is 0 Å². The molecular weight excluding hydrogens is 299 g/mol. The molecule has 0 saturated carbocycles. The summed E-state index contributed by atoms with van der Waals surface area (Å²) in [4.78, 5) is 0. The highest BCUT2D eigenvalue weighted by atomic mass is 31.2. The fraction of sp³-hybridized carbons (Fsp3) is 0.429. The number of hydrogen-bond acceptors (Lipinski definition) is 1. The fourth-order valence-electron chi connectivity index (χ4n) is 3.56. The van der Waals surface area contributed by atoms with Gasteiger partial charge in [0, 0.05) is 16.8 Å². The first-order valence-electron chi connectivity index (χ1n) is 8.88. The lowest BCUT2D eigenvalue weighted by atomic mass is 10.1. The van der Waals surface area contributed by atoms with E-state index in [1.54, 1.807) is 0 Å². The molecule has 23 heavy (non-hydrogen) atoms. The molecule has 1 nitrogen and oxygen atoms in total. The van der Waals surface area contributed by atoms with E-state index in [1.807, 2.05) is 24.3 Å². The second-order valence-electron chi connectivity index (χ2n) is 6.47. The van der Waals surface area contributed by atoms with Crippen LogP contribution in [0.3, 0.4) is 0 Å². The van der Waals surface area contributed by atoms with Crippen LogP contribution in [0.15, 0.2) is 36.4 Å². The van der Waals surface area contributed by atoms with Gasteiger partial charge >= 0.3 is 0 Å². The Labute approximate surface area is 140 Å². The Balaban J connectivity index is 1.70. The molecule has 120 valence electrons. The van der Waals surface area contributed by atoms with Gasteiger partial charge in [-0.15, -0.1) is 0 Å². The molecule has 0 unspecified atom stereocenters. The lowest BCUT2D eigenvalue weighted by Crippen LogP contribution is -2.13. The lowest BCUT2D eigenvalue weighted by molar-refractivity contribution is 0.577. The third-order valence-corrected chi connectivity index (χ3v) is 8.07. The normalized spacial score (nSPS) is 14.5. The van der Waals surface area contributed by atoms with Crippen LogP contribution in [0.25, 0.3) is 11.1 Å². The van der Waals surface area contributed by atoms with Crippen LogP contribution >= 0.6 is 7.14 Å². The van der Waals surface area contributed by atoms with E-state index in [-0.39, 0.29) is 0 Å². The summed E-state index contributed by atoms with van der Waals surface area (Å²) in [6.07, 6.45) is 9.56. The van der Waals surface area contributed by atoms with E-state index in [0.717, 1.165) is 34.3 Å². The Kier molecular flexibility index (Phi) is 5.38. The molecule has 2 radical (unpaired) electrons. The molecule has 0 N–H and O–H groups in total. The topological polar surface area (TPSA) is 17.1 Å². The number of fused-ring (bicyclic) bond motifs is 3. The van der Waals surface area contributed by atoms with E-state index < -0.39 is 7.14 Å². The van der Waals surface area contributed by atoms with E-state index >= 15 is 0 Å². The minimum atomic E-state index is -2.47. The molecule has 0 atom stereocenters. The quantitative estimate of drug-likeness (QED) is 0.474. The van der Waals surface area contributed by atoms with Gasteiger partial charge in [0.2, 0.25) is 0 Å². The standard InChI is InChI=1S/C21H25OP/c1-2-3-4-5-6-7-12-17-23(22)20-15-10-8-13-18(20)19-14-9-11-16-21(19)23/h8-9,13-16H,2-7,12,17H2,1H3. The number of benzene rings is 2. The molecule has 1 aliphatic rings. The van der Waals surface area contributed by atoms with Crippen molar-refractivity contribution in [3.05, 3.63) is 48.5 Å². The fourth-order valence-corrected chi connectivity index (χ4v) is 6.70. The van der Waals surface area contributed by atoms with Crippen molar-refractivity contribution >= 4 is 17.8 Å². The highest BCUT2D eigenvalue weighted by Crippen LogP contribution is 2.53. The van der Waals surface area contributed by atoms with Crippen molar-refractivity contribution in [2.45, 2.75) is 51.9 Å². The van der Waals surface area contributed by atoms with Crippen LogP contribution in [-0.4, -0.2) is 6.16 Å². The predicted octanol–water partition coefficient (Wildman–Crippen LogP) is 5.33. The largest absolute Gasteiger partial charge is 0.314 e. The number of rotatable bonds is 8. The van der Waals surface area contributed by atoms with Gasteiger partial charge in [0.05, 0.1) is 0 Å². The van der Waals surface area contributed by atoms with Crippen molar-refractivity contribution < 1.29 is 4.57 Å². The second-order valence-corrected chi connectivity index (χ2v) is 9.36. The highest BCUT2D eigenvalue weighted by molar-refractivity contribution is 7.80. The molecule has 3 rings (SSSR count). The third-order valence-electron chi connectivity index (χ3n) is 4.83. The van der Waals surface area contributed by atoms with Crippen LogP contribution in [0.4, 0.5) is 0 Å². The van der Waals surface area contributed by atoms with Crippen LogP contribution in [0, 0.1) is 12.1 Å². The monoisotopic (exact) mass is 324 g/mol. The van der Waals surface area contributed by atoms with E-state index in [9.17, 15) is 4.57 Å². The summed E-state index contributed by atoms with van der Waals surface area (Å²) < 4.78 is 13.8. The van der Waals surface area contributed by atoms with Crippen molar-refractivity contribution in [1.82, 2.24) is 0 Å². The minimum Gasteiger partial charge on any atom is -0.314 e.